The predicted molar refractivity (Wildman–Crippen MR) is 76.0 cm³/mol. The first-order valence-corrected chi connectivity index (χ1v) is 6.92. The molecule has 0 fully saturated rings. The molecule has 4 nitrogen and oxygen atoms in total. The van der Waals surface area contributed by atoms with Crippen LogP contribution in [0.3, 0.4) is 0 Å². The van der Waals surface area contributed by atoms with Gasteiger partial charge < -0.3 is 10.3 Å². The average Bonchev–Trinajstić information content (AvgIpc) is 2.96. The number of ketones is 1. The first-order valence-electron chi connectivity index (χ1n) is 5.73. The summed E-state index contributed by atoms with van der Waals surface area (Å²) in [6.07, 6.45) is 1.53. The molecule has 2 aromatic rings. The van der Waals surface area contributed by atoms with Gasteiger partial charge in [-0.3, -0.25) is 9.59 Å². The van der Waals surface area contributed by atoms with E-state index in [1.807, 2.05) is 13.0 Å². The molecule has 2 heterocycles. The van der Waals surface area contributed by atoms with Crippen molar-refractivity contribution >= 4 is 34.6 Å². The Labute approximate surface area is 119 Å². The molecule has 100 valence electrons. The lowest BCUT2D eigenvalue weighted by Crippen LogP contribution is -2.26. The molecule has 0 aromatic carbocycles. The number of nitrogens with one attached hydrogen (secondary N) is 2. The molecule has 0 aliphatic heterocycles. The normalized spacial score (nSPS) is 12.2. The summed E-state index contributed by atoms with van der Waals surface area (Å²) < 4.78 is 0.690. The lowest BCUT2D eigenvalue weighted by molar-refractivity contribution is 0.0936. The van der Waals surface area contributed by atoms with E-state index in [9.17, 15) is 9.59 Å². The van der Waals surface area contributed by atoms with Crippen molar-refractivity contribution in [2.45, 2.75) is 19.9 Å². The lowest BCUT2D eigenvalue weighted by atomic mass is 10.2. The number of thiophene rings is 1. The van der Waals surface area contributed by atoms with Gasteiger partial charge in [0.1, 0.15) is 5.69 Å². The molecule has 0 bridgehead atoms. The van der Waals surface area contributed by atoms with Gasteiger partial charge in [-0.25, -0.2) is 0 Å². The lowest BCUT2D eigenvalue weighted by Gasteiger charge is -2.11. The number of hydrogen-bond acceptors (Lipinski definition) is 3. The second-order valence-corrected chi connectivity index (χ2v) is 5.94. The van der Waals surface area contributed by atoms with E-state index in [1.165, 1.54) is 24.5 Å². The monoisotopic (exact) mass is 296 g/mol. The first-order chi connectivity index (χ1) is 8.97. The van der Waals surface area contributed by atoms with Crippen molar-refractivity contribution in [2.75, 3.05) is 0 Å². The van der Waals surface area contributed by atoms with Crippen LogP contribution in [0.1, 0.15) is 45.6 Å². The number of Topliss-reactive ketones (excluding diaryl/α,β-unsaturated/α-hetero) is 1. The predicted octanol–water partition coefficient (Wildman–Crippen LogP) is 3.42. The van der Waals surface area contributed by atoms with Crippen molar-refractivity contribution in [3.8, 4) is 0 Å². The highest BCUT2D eigenvalue weighted by molar-refractivity contribution is 7.16. The number of H-pyrrole nitrogens is 1. The highest BCUT2D eigenvalue weighted by Gasteiger charge is 2.15. The number of carbonyl (C=O) groups excluding carboxylic acids is 2. The smallest absolute Gasteiger partial charge is 0.268 e. The topological polar surface area (TPSA) is 62.0 Å². The Morgan fingerprint density at radius 3 is 2.68 bits per heavy atom. The quantitative estimate of drug-likeness (QED) is 0.849. The van der Waals surface area contributed by atoms with E-state index < -0.39 is 0 Å². The molecule has 19 heavy (non-hydrogen) atoms. The number of halogens is 1. The molecule has 2 aromatic heterocycles. The minimum Gasteiger partial charge on any atom is -0.356 e. The van der Waals surface area contributed by atoms with Gasteiger partial charge in [0, 0.05) is 16.6 Å². The molecule has 6 heteroatoms. The van der Waals surface area contributed by atoms with Crippen LogP contribution in [0.15, 0.2) is 24.4 Å². The molecule has 0 aliphatic carbocycles. The number of rotatable bonds is 4. The molecule has 2 N–H and O–H groups in total. The minimum atomic E-state index is -0.246. The Hall–Kier alpha value is -1.59. The minimum absolute atomic E-state index is 0.0756. The van der Waals surface area contributed by atoms with Crippen molar-refractivity contribution in [2.24, 2.45) is 0 Å². The summed E-state index contributed by atoms with van der Waals surface area (Å²) in [6.45, 7) is 3.34. The van der Waals surface area contributed by atoms with Crippen LogP contribution in [0.4, 0.5) is 0 Å². The van der Waals surface area contributed by atoms with Crippen LogP contribution in [0.5, 0.6) is 0 Å². The maximum Gasteiger partial charge on any atom is 0.268 e. The molecular weight excluding hydrogens is 284 g/mol. The summed E-state index contributed by atoms with van der Waals surface area (Å²) in [6, 6.07) is 5.10. The Morgan fingerprint density at radius 2 is 2.16 bits per heavy atom. The molecular formula is C13H13ClN2O2S. The fourth-order valence-electron chi connectivity index (χ4n) is 1.64. The van der Waals surface area contributed by atoms with E-state index in [4.69, 9.17) is 11.6 Å². The van der Waals surface area contributed by atoms with Crippen molar-refractivity contribution in [3.63, 3.8) is 0 Å². The molecule has 2 rings (SSSR count). The Morgan fingerprint density at radius 1 is 1.42 bits per heavy atom. The highest BCUT2D eigenvalue weighted by atomic mass is 35.5. The van der Waals surface area contributed by atoms with E-state index in [-0.39, 0.29) is 17.7 Å². The van der Waals surface area contributed by atoms with Gasteiger partial charge in [0.15, 0.2) is 5.78 Å². The van der Waals surface area contributed by atoms with Gasteiger partial charge in [0.05, 0.1) is 10.4 Å². The number of aromatic amines is 1. The SMILES string of the molecule is CC(=O)c1c[nH]c(C(=O)N[C@@H](C)c2ccc(Cl)s2)c1. The van der Waals surface area contributed by atoms with Crippen LogP contribution in [0.25, 0.3) is 0 Å². The van der Waals surface area contributed by atoms with Crippen LogP contribution in [0, 0.1) is 0 Å². The van der Waals surface area contributed by atoms with Gasteiger partial charge in [0.2, 0.25) is 0 Å². The summed E-state index contributed by atoms with van der Waals surface area (Å²) in [5.74, 6) is -0.321. The number of amides is 1. The second kappa shape index (κ2) is 5.59. The van der Waals surface area contributed by atoms with E-state index in [0.717, 1.165) is 4.88 Å². The Balaban J connectivity index is 2.06. The van der Waals surface area contributed by atoms with E-state index >= 15 is 0 Å². The van der Waals surface area contributed by atoms with Gasteiger partial charge >= 0.3 is 0 Å². The summed E-state index contributed by atoms with van der Waals surface area (Å²) in [7, 11) is 0. The van der Waals surface area contributed by atoms with Gasteiger partial charge in [-0.2, -0.15) is 0 Å². The van der Waals surface area contributed by atoms with Crippen LogP contribution in [-0.4, -0.2) is 16.7 Å². The Kier molecular flexibility index (Phi) is 4.07. The zero-order valence-corrected chi connectivity index (χ0v) is 12.1. The van der Waals surface area contributed by atoms with Gasteiger partial charge in [-0.05, 0) is 32.0 Å². The second-order valence-electron chi connectivity index (χ2n) is 4.20. The molecule has 0 saturated carbocycles. The summed E-state index contributed by atoms with van der Waals surface area (Å²) >= 11 is 7.29. The fourth-order valence-corrected chi connectivity index (χ4v) is 2.70. The maximum absolute atomic E-state index is 12.0. The average molecular weight is 297 g/mol. The van der Waals surface area contributed by atoms with Crippen LogP contribution < -0.4 is 5.32 Å². The van der Waals surface area contributed by atoms with Crippen molar-refractivity contribution in [1.29, 1.82) is 0 Å². The zero-order valence-electron chi connectivity index (χ0n) is 10.5. The van der Waals surface area contributed by atoms with Gasteiger partial charge in [0.25, 0.3) is 5.91 Å². The molecule has 0 unspecified atom stereocenters. The summed E-state index contributed by atoms with van der Waals surface area (Å²) in [5.41, 5.74) is 0.872. The maximum atomic E-state index is 12.0. The zero-order chi connectivity index (χ0) is 14.0. The van der Waals surface area contributed by atoms with E-state index in [1.54, 1.807) is 12.1 Å². The molecule has 1 amide bonds. The number of hydrogen-bond donors (Lipinski definition) is 2. The van der Waals surface area contributed by atoms with Crippen LogP contribution in [0.2, 0.25) is 4.34 Å². The standard InChI is InChI=1S/C13H13ClN2O2S/c1-7(11-3-4-12(14)19-11)16-13(18)10-5-9(6-15-10)8(2)17/h3-7,15H,1-2H3,(H,16,18)/t7-/m0/s1. The van der Waals surface area contributed by atoms with Crippen molar-refractivity contribution in [3.05, 3.63) is 44.9 Å². The number of carbonyl (C=O) groups is 2. The molecule has 0 spiro atoms. The highest BCUT2D eigenvalue weighted by Crippen LogP contribution is 2.26. The molecule has 0 radical (unpaired) electrons. The summed E-state index contributed by atoms with van der Waals surface area (Å²) in [5, 5.41) is 2.85. The van der Waals surface area contributed by atoms with Crippen LogP contribution >= 0.6 is 22.9 Å². The fraction of sp³-hybridized carbons (Fsp3) is 0.231. The third kappa shape index (κ3) is 3.24. The van der Waals surface area contributed by atoms with E-state index in [0.29, 0.717) is 15.6 Å². The Bertz CT molecular complexity index is 618. The third-order valence-electron chi connectivity index (χ3n) is 2.70. The van der Waals surface area contributed by atoms with Crippen LogP contribution in [-0.2, 0) is 0 Å². The van der Waals surface area contributed by atoms with Gasteiger partial charge in [-0.1, -0.05) is 11.6 Å². The van der Waals surface area contributed by atoms with Crippen molar-refractivity contribution in [1.82, 2.24) is 10.3 Å². The first kappa shape index (κ1) is 13.8. The third-order valence-corrected chi connectivity index (χ3v) is 4.12. The number of aromatic nitrogens is 1. The van der Waals surface area contributed by atoms with Crippen molar-refractivity contribution < 1.29 is 9.59 Å². The summed E-state index contributed by atoms with van der Waals surface area (Å²) in [4.78, 5) is 26.9. The molecule has 0 saturated heterocycles. The molecule has 1 atom stereocenters. The molecule has 0 aliphatic rings. The van der Waals surface area contributed by atoms with E-state index in [2.05, 4.69) is 10.3 Å². The largest absolute Gasteiger partial charge is 0.356 e. The van der Waals surface area contributed by atoms with Gasteiger partial charge in [-0.15, -0.1) is 11.3 Å².